The number of rotatable bonds is 4. The number of aryl methyl sites for hydroxylation is 1. The summed E-state index contributed by atoms with van der Waals surface area (Å²) in [5, 5.41) is 8.55. The van der Waals surface area contributed by atoms with Crippen molar-refractivity contribution in [3.8, 4) is 6.07 Å². The van der Waals surface area contributed by atoms with E-state index in [1.54, 1.807) is 13.0 Å². The van der Waals surface area contributed by atoms with E-state index in [1.807, 2.05) is 25.1 Å². The summed E-state index contributed by atoms with van der Waals surface area (Å²) in [6.07, 6.45) is 12.6. The van der Waals surface area contributed by atoms with Crippen molar-refractivity contribution in [2.75, 3.05) is 5.73 Å². The number of hydrogen-bond acceptors (Lipinski definition) is 4. The van der Waals surface area contributed by atoms with Crippen LogP contribution < -0.4 is 5.73 Å². The fraction of sp³-hybridized carbons (Fsp3) is 0.500. The minimum absolute atomic E-state index is 0. The molecule has 3 rings (SSSR count). The van der Waals surface area contributed by atoms with E-state index in [-0.39, 0.29) is 18.7 Å². The van der Waals surface area contributed by atoms with Crippen LogP contribution in [-0.4, -0.2) is 21.2 Å². The Kier molecular flexibility index (Phi) is 10.1. The van der Waals surface area contributed by atoms with Gasteiger partial charge in [-0.2, -0.15) is 5.26 Å². The Morgan fingerprint density at radius 1 is 1.32 bits per heavy atom. The lowest BCUT2D eigenvalue weighted by molar-refractivity contribution is -0.125. The molecule has 0 heterocycles. The van der Waals surface area contributed by atoms with Gasteiger partial charge in [0, 0.05) is 11.4 Å². The molecule has 0 bridgehead atoms. The second kappa shape index (κ2) is 11.8. The molecule has 1 fully saturated rings. The highest BCUT2D eigenvalue weighted by molar-refractivity contribution is 7.80. The zero-order valence-electron chi connectivity index (χ0n) is 18.6. The molecule has 0 radical (unpaired) electrons. The van der Waals surface area contributed by atoms with Crippen LogP contribution in [0.15, 0.2) is 42.1 Å². The van der Waals surface area contributed by atoms with Gasteiger partial charge in [-0.1, -0.05) is 64.6 Å². The molecular weight excluding hydrogens is 402 g/mol. The number of benzene rings is 1. The first-order chi connectivity index (χ1) is 14.2. The Bertz CT molecular complexity index is 888. The summed E-state index contributed by atoms with van der Waals surface area (Å²) < 4.78 is 0. The molecule has 4 nitrogen and oxygen atoms in total. The quantitative estimate of drug-likeness (QED) is 0.437. The van der Waals surface area contributed by atoms with E-state index >= 15 is 0 Å². The molecule has 5 heteroatoms. The van der Waals surface area contributed by atoms with Gasteiger partial charge in [0.25, 0.3) is 0 Å². The smallest absolute Gasteiger partial charge is 0.155 e. The van der Waals surface area contributed by atoms with E-state index in [0.29, 0.717) is 17.2 Å². The van der Waals surface area contributed by atoms with E-state index in [1.165, 1.54) is 5.56 Å². The van der Waals surface area contributed by atoms with E-state index in [2.05, 4.69) is 37.0 Å². The Labute approximate surface area is 193 Å². The minimum atomic E-state index is -0.386. The second-order valence-corrected chi connectivity index (χ2v) is 8.83. The highest BCUT2D eigenvalue weighted by atomic mass is 32.1. The number of anilines is 1. The predicted molar refractivity (Wildman–Crippen MR) is 135 cm³/mol. The Morgan fingerprint density at radius 3 is 2.39 bits per heavy atom. The fourth-order valence-corrected chi connectivity index (χ4v) is 4.52. The van der Waals surface area contributed by atoms with Crippen molar-refractivity contribution < 1.29 is 4.79 Å². The van der Waals surface area contributed by atoms with Crippen LogP contribution in [0.1, 0.15) is 78.4 Å². The van der Waals surface area contributed by atoms with Gasteiger partial charge in [-0.05, 0) is 69.2 Å². The van der Waals surface area contributed by atoms with Crippen molar-refractivity contribution in [1.82, 2.24) is 4.90 Å². The van der Waals surface area contributed by atoms with Gasteiger partial charge in [-0.3, -0.25) is 4.79 Å². The van der Waals surface area contributed by atoms with Gasteiger partial charge in [0.15, 0.2) is 5.78 Å². The SMILES string of the molecule is C.CC(=O)C1(N(C(C)=S)C2=CCC(C)C=C2)CCCC1.CCc1ccc(C#N)c(N)c1. The van der Waals surface area contributed by atoms with E-state index in [0.717, 1.165) is 49.2 Å². The molecular formula is C26H37N3OS. The summed E-state index contributed by atoms with van der Waals surface area (Å²) >= 11 is 5.45. The molecule has 2 N–H and O–H groups in total. The molecule has 1 atom stereocenters. The highest BCUT2D eigenvalue weighted by Gasteiger charge is 2.45. The maximum atomic E-state index is 12.3. The van der Waals surface area contributed by atoms with Crippen molar-refractivity contribution in [3.05, 3.63) is 53.3 Å². The van der Waals surface area contributed by atoms with Gasteiger partial charge in [0.2, 0.25) is 0 Å². The molecule has 0 spiro atoms. The number of nitrogen functional groups attached to an aromatic ring is 1. The van der Waals surface area contributed by atoms with Gasteiger partial charge >= 0.3 is 0 Å². The number of nitrogens with two attached hydrogens (primary N) is 1. The van der Waals surface area contributed by atoms with Crippen molar-refractivity contribution >= 4 is 28.7 Å². The van der Waals surface area contributed by atoms with Crippen molar-refractivity contribution in [3.63, 3.8) is 0 Å². The third kappa shape index (κ3) is 6.27. The van der Waals surface area contributed by atoms with Crippen molar-refractivity contribution in [2.24, 2.45) is 5.92 Å². The van der Waals surface area contributed by atoms with Crippen LogP contribution in [0.25, 0.3) is 0 Å². The molecule has 0 saturated heterocycles. The molecule has 0 amide bonds. The lowest BCUT2D eigenvalue weighted by Crippen LogP contribution is -2.52. The van der Waals surface area contributed by atoms with Crippen LogP contribution in [0.2, 0.25) is 0 Å². The average Bonchev–Trinajstić information content (AvgIpc) is 3.20. The summed E-state index contributed by atoms with van der Waals surface area (Å²) in [5.74, 6) is 0.829. The molecule has 0 aliphatic heterocycles. The first-order valence-corrected chi connectivity index (χ1v) is 11.1. The van der Waals surface area contributed by atoms with Crippen LogP contribution in [0, 0.1) is 17.2 Å². The maximum Gasteiger partial charge on any atom is 0.155 e. The number of carbonyl (C=O) groups excluding carboxylic acids is 1. The van der Waals surface area contributed by atoms with Crippen LogP contribution in [0.4, 0.5) is 5.69 Å². The van der Waals surface area contributed by atoms with Gasteiger partial charge in [0.05, 0.1) is 10.6 Å². The summed E-state index contributed by atoms with van der Waals surface area (Å²) in [6, 6.07) is 7.55. The number of nitriles is 1. The number of thiocarbonyl (C=S) groups is 1. The molecule has 0 aromatic heterocycles. The Balaban J connectivity index is 0.000000344. The van der Waals surface area contributed by atoms with Crippen LogP contribution in [-0.2, 0) is 11.2 Å². The zero-order valence-corrected chi connectivity index (χ0v) is 19.4. The number of hydrogen-bond donors (Lipinski definition) is 1. The molecule has 2 aliphatic rings. The topological polar surface area (TPSA) is 70.1 Å². The second-order valence-electron chi connectivity index (χ2n) is 8.24. The lowest BCUT2D eigenvalue weighted by Gasteiger charge is -2.42. The summed E-state index contributed by atoms with van der Waals surface area (Å²) in [4.78, 5) is 15.2. The molecule has 1 aromatic carbocycles. The van der Waals surface area contributed by atoms with Crippen LogP contribution in [0.3, 0.4) is 0 Å². The third-order valence-corrected chi connectivity index (χ3v) is 6.21. The highest BCUT2D eigenvalue weighted by Crippen LogP contribution is 2.40. The minimum Gasteiger partial charge on any atom is -0.398 e. The average molecular weight is 440 g/mol. The predicted octanol–water partition coefficient (Wildman–Crippen LogP) is 6.36. The third-order valence-electron chi connectivity index (χ3n) is 6.03. The molecule has 1 unspecified atom stereocenters. The standard InChI is InChI=1S/C16H23NOS.C9H10N2.CH4/c1-12-6-8-15(9-7-12)17(14(3)19)16(13(2)18)10-4-5-11-16;1-2-7-3-4-8(6-10)9(11)5-7;/h6,8-9,12H,4-5,7,10-11H2,1-3H3;3-5H,2,11H2,1H3;1H4. The summed E-state index contributed by atoms with van der Waals surface area (Å²) in [5.41, 5.74) is 8.61. The zero-order chi connectivity index (χ0) is 22.3. The monoisotopic (exact) mass is 439 g/mol. The number of Topliss-reactive ketones (excluding diaryl/α,β-unsaturated/α-hetero) is 1. The number of ketones is 1. The van der Waals surface area contributed by atoms with E-state index < -0.39 is 0 Å². The molecule has 1 saturated carbocycles. The molecule has 2 aliphatic carbocycles. The van der Waals surface area contributed by atoms with Gasteiger partial charge in [0.1, 0.15) is 11.6 Å². The van der Waals surface area contributed by atoms with Gasteiger partial charge < -0.3 is 10.6 Å². The molecule has 31 heavy (non-hydrogen) atoms. The van der Waals surface area contributed by atoms with Crippen molar-refractivity contribution in [1.29, 1.82) is 5.26 Å². The molecule has 168 valence electrons. The fourth-order valence-electron chi connectivity index (χ4n) is 4.24. The maximum absolute atomic E-state index is 12.3. The van der Waals surface area contributed by atoms with E-state index in [4.69, 9.17) is 23.2 Å². The van der Waals surface area contributed by atoms with Gasteiger partial charge in [-0.15, -0.1) is 0 Å². The summed E-state index contributed by atoms with van der Waals surface area (Å²) in [6.45, 7) is 7.91. The van der Waals surface area contributed by atoms with Crippen molar-refractivity contribution in [2.45, 2.75) is 79.2 Å². The first-order valence-electron chi connectivity index (χ1n) is 10.7. The lowest BCUT2D eigenvalue weighted by atomic mass is 9.88. The van der Waals surface area contributed by atoms with Crippen LogP contribution >= 0.6 is 12.2 Å². The normalized spacial score (nSPS) is 18.5. The van der Waals surface area contributed by atoms with Gasteiger partial charge in [-0.25, -0.2) is 0 Å². The number of allylic oxidation sites excluding steroid dienone is 3. The molecule has 1 aromatic rings. The largest absolute Gasteiger partial charge is 0.398 e. The van der Waals surface area contributed by atoms with Crippen LogP contribution in [0.5, 0.6) is 0 Å². The Morgan fingerprint density at radius 2 is 1.97 bits per heavy atom. The Hall–Kier alpha value is -2.45. The first kappa shape index (κ1) is 26.6. The van der Waals surface area contributed by atoms with E-state index in [9.17, 15) is 4.79 Å². The number of nitrogens with zero attached hydrogens (tertiary/aromatic N) is 2. The number of carbonyl (C=O) groups is 1. The summed E-state index contributed by atoms with van der Waals surface area (Å²) in [7, 11) is 0.